The second-order valence-corrected chi connectivity index (χ2v) is 6.26. The lowest BCUT2D eigenvalue weighted by Gasteiger charge is -2.17. The van der Waals surface area contributed by atoms with E-state index in [-0.39, 0.29) is 28.1 Å². The first-order chi connectivity index (χ1) is 13.1. The Morgan fingerprint density at radius 1 is 1.14 bits per heavy atom. The number of esters is 1. The van der Waals surface area contributed by atoms with Gasteiger partial charge in [0.2, 0.25) is 0 Å². The van der Waals surface area contributed by atoms with Gasteiger partial charge < -0.3 is 30.4 Å². The van der Waals surface area contributed by atoms with Crippen molar-refractivity contribution in [2.75, 3.05) is 12.3 Å². The smallest absolute Gasteiger partial charge is 0.342 e. The number of hydrogen-bond donors (Lipinski definition) is 4. The second kappa shape index (κ2) is 8.13. The molecule has 0 fully saturated rings. The zero-order chi connectivity index (χ0) is 21.2. The molecule has 0 saturated carbocycles. The molecule has 1 aromatic heterocycles. The number of halogens is 1. The Morgan fingerprint density at radius 3 is 2.25 bits per heavy atom. The number of carboxylic acid groups (broad SMARTS) is 2. The van der Waals surface area contributed by atoms with Gasteiger partial charge in [-0.15, -0.1) is 0 Å². The van der Waals surface area contributed by atoms with Gasteiger partial charge >= 0.3 is 17.9 Å². The highest BCUT2D eigenvalue weighted by Gasteiger charge is 2.28. The zero-order valence-corrected chi connectivity index (χ0v) is 16.2. The predicted molar refractivity (Wildman–Crippen MR) is 101 cm³/mol. The second-order valence-electron chi connectivity index (χ2n) is 5.41. The van der Waals surface area contributed by atoms with Crippen molar-refractivity contribution in [3.63, 3.8) is 0 Å². The topological polar surface area (TPSA) is 169 Å². The summed E-state index contributed by atoms with van der Waals surface area (Å²) < 4.78 is 10.6. The first kappa shape index (κ1) is 21.0. The quantitative estimate of drug-likeness (QED) is 0.376. The summed E-state index contributed by atoms with van der Waals surface area (Å²) >= 11 is 3.19. The average Bonchev–Trinajstić information content (AvgIpc) is 2.55. The fourth-order valence-electron chi connectivity index (χ4n) is 2.55. The molecule has 0 spiro atoms. The molecule has 11 heteroatoms. The molecule has 10 nitrogen and oxygen atoms in total. The third-order valence-electron chi connectivity index (χ3n) is 3.53. The molecule has 2 aromatic rings. The Kier molecular flexibility index (Phi) is 6.09. The number of carboxylic acids is 2. The fourth-order valence-corrected chi connectivity index (χ4v) is 3.07. The van der Waals surface area contributed by atoms with E-state index >= 15 is 0 Å². The molecule has 0 atom stereocenters. The van der Waals surface area contributed by atoms with Gasteiger partial charge in [0.1, 0.15) is 16.9 Å². The van der Waals surface area contributed by atoms with Crippen LogP contribution in [0.5, 0.6) is 11.5 Å². The van der Waals surface area contributed by atoms with Crippen molar-refractivity contribution in [1.29, 1.82) is 0 Å². The maximum Gasteiger partial charge on any atom is 0.342 e. The molecule has 0 aliphatic carbocycles. The van der Waals surface area contributed by atoms with Gasteiger partial charge in [-0.2, -0.15) is 0 Å². The zero-order valence-electron chi connectivity index (χ0n) is 14.7. The summed E-state index contributed by atoms with van der Waals surface area (Å²) in [5, 5.41) is 19.0. The minimum atomic E-state index is -1.65. The number of nitrogens with two attached hydrogens (primary N) is 1. The monoisotopic (exact) mass is 454 g/mol. The van der Waals surface area contributed by atoms with E-state index in [1.165, 1.54) is 19.1 Å². The number of pyridine rings is 1. The fraction of sp³-hybridized carbons (Fsp3) is 0.176. The highest BCUT2D eigenvalue weighted by molar-refractivity contribution is 9.10. The van der Waals surface area contributed by atoms with E-state index in [2.05, 4.69) is 15.9 Å². The van der Waals surface area contributed by atoms with Crippen LogP contribution in [0.3, 0.4) is 0 Å². The summed E-state index contributed by atoms with van der Waals surface area (Å²) in [5.41, 5.74) is 2.74. The Hall–Kier alpha value is -3.34. The molecular weight excluding hydrogens is 440 g/mol. The number of rotatable bonds is 6. The normalized spacial score (nSPS) is 10.4. The first-order valence-electron chi connectivity index (χ1n) is 7.75. The highest BCUT2D eigenvalue weighted by Crippen LogP contribution is 2.41. The van der Waals surface area contributed by atoms with Crippen molar-refractivity contribution in [2.45, 2.75) is 13.8 Å². The molecule has 5 N–H and O–H groups in total. The maximum atomic E-state index is 12.2. The first-order valence-corrected chi connectivity index (χ1v) is 8.55. The molecular formula is C17H15BrN2O8. The van der Waals surface area contributed by atoms with E-state index in [0.717, 1.165) is 0 Å². The van der Waals surface area contributed by atoms with Crippen molar-refractivity contribution in [1.82, 2.24) is 4.98 Å². The van der Waals surface area contributed by atoms with Crippen LogP contribution >= 0.6 is 15.9 Å². The van der Waals surface area contributed by atoms with Crippen LogP contribution in [-0.2, 0) is 4.79 Å². The van der Waals surface area contributed by atoms with E-state index < -0.39 is 46.0 Å². The number of nitrogens with one attached hydrogen (secondary N) is 1. The van der Waals surface area contributed by atoms with Crippen molar-refractivity contribution in [3.8, 4) is 22.6 Å². The van der Waals surface area contributed by atoms with Crippen LogP contribution in [0.4, 0.5) is 5.82 Å². The van der Waals surface area contributed by atoms with Crippen LogP contribution in [0.25, 0.3) is 11.1 Å². The van der Waals surface area contributed by atoms with Gasteiger partial charge in [0.15, 0.2) is 11.5 Å². The van der Waals surface area contributed by atoms with Gasteiger partial charge in [0.25, 0.3) is 5.56 Å². The molecule has 0 amide bonds. The predicted octanol–water partition coefficient (Wildman–Crippen LogP) is 2.11. The number of ether oxygens (including phenoxy) is 2. The summed E-state index contributed by atoms with van der Waals surface area (Å²) in [5.74, 6) is -4.25. The Bertz CT molecular complexity index is 1040. The molecule has 0 radical (unpaired) electrons. The summed E-state index contributed by atoms with van der Waals surface area (Å²) in [6.07, 6.45) is 0. The Morgan fingerprint density at radius 2 is 1.75 bits per heavy atom. The number of hydrogen-bond acceptors (Lipinski definition) is 7. The van der Waals surface area contributed by atoms with Crippen molar-refractivity contribution < 1.29 is 34.1 Å². The molecule has 0 saturated heterocycles. The number of carbonyl (C=O) groups excluding carboxylic acids is 1. The molecule has 2 rings (SSSR count). The third-order valence-corrected chi connectivity index (χ3v) is 4.18. The number of aromatic carboxylic acids is 2. The van der Waals surface area contributed by atoms with Crippen LogP contribution in [0.1, 0.15) is 34.6 Å². The minimum Gasteiger partial charge on any atom is -0.490 e. The molecule has 0 bridgehead atoms. The van der Waals surface area contributed by atoms with Crippen molar-refractivity contribution in [3.05, 3.63) is 38.1 Å². The van der Waals surface area contributed by atoms with Gasteiger partial charge in [-0.05, 0) is 19.1 Å². The summed E-state index contributed by atoms with van der Waals surface area (Å²) in [6, 6.07) is 2.56. The lowest BCUT2D eigenvalue weighted by molar-refractivity contribution is -0.132. The highest BCUT2D eigenvalue weighted by atomic mass is 79.9. The SMILES string of the molecule is CCOc1cc(-c2c(C(=O)O)c(N)[nH]c(=O)c2C(=O)O)c(Br)cc1OC(C)=O. The minimum absolute atomic E-state index is 0.00644. The van der Waals surface area contributed by atoms with Gasteiger partial charge in [0.05, 0.1) is 6.61 Å². The standard InChI is InChI=1S/C17H15BrN2O8/c1-3-27-9-4-7(8(18)5-10(9)28-6(2)21)11-12(16(23)24)14(19)20-15(22)13(11)17(25)26/h4-5H,3H2,1-2H3,(H,23,24)(H,25,26)(H3,19,20,22). The van der Waals surface area contributed by atoms with Crippen LogP contribution in [-0.4, -0.2) is 39.7 Å². The van der Waals surface area contributed by atoms with E-state index in [1.54, 1.807) is 6.92 Å². The van der Waals surface area contributed by atoms with Crippen molar-refractivity contribution >= 4 is 39.7 Å². The van der Waals surface area contributed by atoms with E-state index in [1.807, 2.05) is 4.98 Å². The Labute approximate surface area is 166 Å². The van der Waals surface area contributed by atoms with E-state index in [4.69, 9.17) is 15.2 Å². The number of aromatic nitrogens is 1. The van der Waals surface area contributed by atoms with Crippen LogP contribution in [0.15, 0.2) is 21.4 Å². The summed E-state index contributed by atoms with van der Waals surface area (Å²) in [6.45, 7) is 3.01. The largest absolute Gasteiger partial charge is 0.490 e. The molecule has 1 aromatic carbocycles. The van der Waals surface area contributed by atoms with Crippen LogP contribution in [0.2, 0.25) is 0 Å². The van der Waals surface area contributed by atoms with Crippen LogP contribution < -0.4 is 20.8 Å². The van der Waals surface area contributed by atoms with Gasteiger partial charge in [0, 0.05) is 22.5 Å². The molecule has 0 aliphatic heterocycles. The van der Waals surface area contributed by atoms with E-state index in [0.29, 0.717) is 0 Å². The summed E-state index contributed by atoms with van der Waals surface area (Å²) in [4.78, 5) is 48.9. The van der Waals surface area contributed by atoms with Gasteiger partial charge in [-0.1, -0.05) is 15.9 Å². The lowest BCUT2D eigenvalue weighted by atomic mass is 9.95. The van der Waals surface area contributed by atoms with Crippen molar-refractivity contribution in [2.24, 2.45) is 0 Å². The molecule has 0 aliphatic rings. The third kappa shape index (κ3) is 3.98. The number of nitrogen functional groups attached to an aromatic ring is 1. The van der Waals surface area contributed by atoms with Gasteiger partial charge in [-0.25, -0.2) is 9.59 Å². The van der Waals surface area contributed by atoms with E-state index in [9.17, 15) is 29.4 Å². The number of H-pyrrole nitrogens is 1. The average molecular weight is 455 g/mol. The Balaban J connectivity index is 2.96. The number of benzene rings is 1. The number of aromatic amines is 1. The molecule has 1 heterocycles. The van der Waals surface area contributed by atoms with Gasteiger partial charge in [-0.3, -0.25) is 9.59 Å². The summed E-state index contributed by atoms with van der Waals surface area (Å²) in [7, 11) is 0. The van der Waals surface area contributed by atoms with Crippen LogP contribution in [0, 0.1) is 0 Å². The molecule has 148 valence electrons. The lowest BCUT2D eigenvalue weighted by Crippen LogP contribution is -2.24. The number of anilines is 1. The maximum absolute atomic E-state index is 12.2. The number of carbonyl (C=O) groups is 3. The molecule has 0 unspecified atom stereocenters. The molecule has 28 heavy (non-hydrogen) atoms.